The van der Waals surface area contributed by atoms with Crippen LogP contribution in [0, 0.1) is 12.8 Å². The normalized spacial score (nSPS) is 27.6. The van der Waals surface area contributed by atoms with Gasteiger partial charge in [-0.1, -0.05) is 31.2 Å². The van der Waals surface area contributed by atoms with E-state index in [0.717, 1.165) is 38.9 Å². The Morgan fingerprint density at radius 1 is 1.38 bits per heavy atom. The molecule has 1 saturated carbocycles. The van der Waals surface area contributed by atoms with Crippen molar-refractivity contribution in [3.63, 3.8) is 0 Å². The van der Waals surface area contributed by atoms with Gasteiger partial charge in [-0.25, -0.2) is 0 Å². The van der Waals surface area contributed by atoms with Crippen LogP contribution in [0.25, 0.3) is 0 Å². The predicted molar refractivity (Wildman–Crippen MR) is 85.3 cm³/mol. The van der Waals surface area contributed by atoms with Gasteiger partial charge in [0.15, 0.2) is 0 Å². The van der Waals surface area contributed by atoms with Gasteiger partial charge >= 0.3 is 0 Å². The summed E-state index contributed by atoms with van der Waals surface area (Å²) in [5.41, 5.74) is 2.69. The summed E-state index contributed by atoms with van der Waals surface area (Å²) in [4.78, 5) is 15.0. The van der Waals surface area contributed by atoms with Crippen molar-refractivity contribution in [1.29, 1.82) is 0 Å². The maximum absolute atomic E-state index is 12.9. The van der Waals surface area contributed by atoms with E-state index in [1.807, 2.05) is 0 Å². The monoisotopic (exact) mass is 286 g/mol. The first kappa shape index (κ1) is 14.6. The Labute approximate surface area is 127 Å². The quantitative estimate of drug-likeness (QED) is 0.902. The Hall–Kier alpha value is -1.35. The van der Waals surface area contributed by atoms with Crippen molar-refractivity contribution in [2.75, 3.05) is 19.6 Å². The van der Waals surface area contributed by atoms with E-state index in [4.69, 9.17) is 0 Å². The molecule has 1 amide bonds. The van der Waals surface area contributed by atoms with Crippen LogP contribution in [0.4, 0.5) is 0 Å². The molecule has 3 nitrogen and oxygen atoms in total. The molecular formula is C18H26N2O. The number of carbonyl (C=O) groups is 1. The Bertz CT molecular complexity index is 508. The molecule has 2 aliphatic rings. The van der Waals surface area contributed by atoms with Crippen LogP contribution in [-0.2, 0) is 4.79 Å². The van der Waals surface area contributed by atoms with Crippen LogP contribution in [0.15, 0.2) is 24.3 Å². The van der Waals surface area contributed by atoms with E-state index in [1.54, 1.807) is 0 Å². The highest BCUT2D eigenvalue weighted by atomic mass is 16.2. The number of rotatable bonds is 5. The van der Waals surface area contributed by atoms with Gasteiger partial charge in [-0.3, -0.25) is 4.79 Å². The zero-order valence-electron chi connectivity index (χ0n) is 13.1. The van der Waals surface area contributed by atoms with E-state index in [1.165, 1.54) is 11.1 Å². The second kappa shape index (κ2) is 6.18. The number of hydrogen-bond acceptors (Lipinski definition) is 2. The zero-order valence-corrected chi connectivity index (χ0v) is 13.1. The molecule has 1 aromatic rings. The highest BCUT2D eigenvalue weighted by molar-refractivity contribution is 5.83. The molecule has 3 heteroatoms. The van der Waals surface area contributed by atoms with E-state index in [0.29, 0.717) is 17.9 Å². The smallest absolute Gasteiger partial charge is 0.226 e. The lowest BCUT2D eigenvalue weighted by atomic mass is 10.0. The van der Waals surface area contributed by atoms with Crippen molar-refractivity contribution < 1.29 is 4.79 Å². The molecule has 0 aromatic heterocycles. The number of aryl methyl sites for hydroxylation is 1. The molecule has 3 rings (SSSR count). The summed E-state index contributed by atoms with van der Waals surface area (Å²) in [6, 6.07) is 8.92. The molecule has 2 fully saturated rings. The van der Waals surface area contributed by atoms with Gasteiger partial charge in [-0.2, -0.15) is 0 Å². The van der Waals surface area contributed by atoms with E-state index < -0.39 is 0 Å². The molecule has 0 radical (unpaired) electrons. The van der Waals surface area contributed by atoms with Crippen LogP contribution in [0.5, 0.6) is 0 Å². The van der Waals surface area contributed by atoms with Crippen molar-refractivity contribution in [2.24, 2.45) is 5.92 Å². The Morgan fingerprint density at radius 3 is 2.86 bits per heavy atom. The van der Waals surface area contributed by atoms with E-state index >= 15 is 0 Å². The molecule has 1 N–H and O–H groups in total. The first-order valence-corrected chi connectivity index (χ1v) is 8.29. The molecule has 0 bridgehead atoms. The van der Waals surface area contributed by atoms with Crippen molar-refractivity contribution >= 4 is 5.91 Å². The number of nitrogens with zero attached hydrogens (tertiary/aromatic N) is 1. The van der Waals surface area contributed by atoms with Crippen LogP contribution < -0.4 is 5.32 Å². The first-order chi connectivity index (χ1) is 10.2. The van der Waals surface area contributed by atoms with E-state index in [9.17, 15) is 4.79 Å². The minimum Gasteiger partial charge on any atom is -0.338 e. The average Bonchev–Trinajstić information content (AvgIpc) is 3.09. The second-order valence-corrected chi connectivity index (χ2v) is 6.48. The van der Waals surface area contributed by atoms with Gasteiger partial charge in [0.05, 0.1) is 0 Å². The summed E-state index contributed by atoms with van der Waals surface area (Å²) < 4.78 is 0. The Morgan fingerprint density at radius 2 is 2.19 bits per heavy atom. The number of benzene rings is 1. The summed E-state index contributed by atoms with van der Waals surface area (Å²) in [5.74, 6) is 1.06. The van der Waals surface area contributed by atoms with Crippen LogP contribution >= 0.6 is 0 Å². The fraction of sp³-hybridized carbons (Fsp3) is 0.611. The third-order valence-electron chi connectivity index (χ3n) is 4.92. The Kier molecular flexibility index (Phi) is 4.29. The van der Waals surface area contributed by atoms with Crippen molar-refractivity contribution in [2.45, 2.75) is 45.1 Å². The fourth-order valence-corrected chi connectivity index (χ4v) is 3.65. The van der Waals surface area contributed by atoms with Crippen LogP contribution in [0.1, 0.15) is 43.2 Å². The number of hydrogen-bond donors (Lipinski definition) is 1. The van der Waals surface area contributed by atoms with Crippen LogP contribution in [-0.4, -0.2) is 36.5 Å². The molecule has 21 heavy (non-hydrogen) atoms. The molecular weight excluding hydrogens is 260 g/mol. The Balaban J connectivity index is 1.69. The van der Waals surface area contributed by atoms with Crippen LogP contribution in [0.2, 0.25) is 0 Å². The third-order valence-corrected chi connectivity index (χ3v) is 4.92. The molecule has 3 unspecified atom stereocenters. The third kappa shape index (κ3) is 2.98. The molecule has 114 valence electrons. The molecule has 0 spiro atoms. The number of amides is 1. The molecule has 1 heterocycles. The van der Waals surface area contributed by atoms with Crippen molar-refractivity contribution in [1.82, 2.24) is 10.2 Å². The van der Waals surface area contributed by atoms with E-state index in [-0.39, 0.29) is 5.92 Å². The lowest BCUT2D eigenvalue weighted by Crippen LogP contribution is -2.43. The second-order valence-electron chi connectivity index (χ2n) is 6.48. The minimum atomic E-state index is 0.221. The lowest BCUT2D eigenvalue weighted by Gasteiger charge is -2.28. The first-order valence-electron chi connectivity index (χ1n) is 8.29. The zero-order chi connectivity index (χ0) is 14.8. The van der Waals surface area contributed by atoms with Crippen molar-refractivity contribution in [3.05, 3.63) is 35.4 Å². The van der Waals surface area contributed by atoms with Gasteiger partial charge in [-0.05, 0) is 49.8 Å². The molecule has 1 aliphatic carbocycles. The van der Waals surface area contributed by atoms with Gasteiger partial charge in [0.2, 0.25) is 5.91 Å². The molecule has 1 saturated heterocycles. The lowest BCUT2D eigenvalue weighted by molar-refractivity contribution is -0.134. The SMILES string of the molecule is CCCN(C(=O)C1CC1c1ccccc1C)C1CCNC1. The van der Waals surface area contributed by atoms with Gasteiger partial charge in [-0.15, -0.1) is 0 Å². The highest BCUT2D eigenvalue weighted by Crippen LogP contribution is 2.49. The van der Waals surface area contributed by atoms with Crippen LogP contribution in [0.3, 0.4) is 0 Å². The standard InChI is InChI=1S/C18H26N2O/c1-3-10-20(14-8-9-19-12-14)18(21)17-11-16(17)15-7-5-4-6-13(15)2/h4-7,14,16-17,19H,3,8-12H2,1-2H3. The van der Waals surface area contributed by atoms with Crippen molar-refractivity contribution in [3.8, 4) is 0 Å². The summed E-state index contributed by atoms with van der Waals surface area (Å²) in [6.45, 7) is 7.23. The summed E-state index contributed by atoms with van der Waals surface area (Å²) >= 11 is 0. The number of nitrogens with one attached hydrogen (secondary N) is 1. The van der Waals surface area contributed by atoms with Gasteiger partial charge in [0.25, 0.3) is 0 Å². The van der Waals surface area contributed by atoms with Gasteiger partial charge in [0.1, 0.15) is 0 Å². The van der Waals surface area contributed by atoms with Gasteiger partial charge in [0, 0.05) is 25.0 Å². The maximum Gasteiger partial charge on any atom is 0.226 e. The summed E-state index contributed by atoms with van der Waals surface area (Å²) in [5, 5.41) is 3.38. The van der Waals surface area contributed by atoms with E-state index in [2.05, 4.69) is 48.3 Å². The largest absolute Gasteiger partial charge is 0.338 e. The fourth-order valence-electron chi connectivity index (χ4n) is 3.65. The molecule has 3 atom stereocenters. The summed E-state index contributed by atoms with van der Waals surface area (Å²) in [7, 11) is 0. The molecule has 1 aromatic carbocycles. The highest BCUT2D eigenvalue weighted by Gasteiger charge is 2.47. The average molecular weight is 286 g/mol. The minimum absolute atomic E-state index is 0.221. The maximum atomic E-state index is 12.9. The molecule has 1 aliphatic heterocycles. The van der Waals surface area contributed by atoms with Gasteiger partial charge < -0.3 is 10.2 Å². The predicted octanol–water partition coefficient (Wildman–Crippen LogP) is 2.70. The topological polar surface area (TPSA) is 32.3 Å². The number of carbonyl (C=O) groups excluding carboxylic acids is 1. The summed E-state index contributed by atoms with van der Waals surface area (Å²) in [6.07, 6.45) is 3.18.